The van der Waals surface area contributed by atoms with Crippen LogP contribution < -0.4 is 14.8 Å². The Morgan fingerprint density at radius 3 is 2.73 bits per heavy atom. The molecule has 0 spiro atoms. The van der Waals surface area contributed by atoms with Gasteiger partial charge >= 0.3 is 0 Å². The smallest absolute Gasteiger partial charge is 0.250 e. The molecule has 3 rings (SSSR count). The third kappa shape index (κ3) is 5.39. The van der Waals surface area contributed by atoms with Crippen molar-refractivity contribution in [1.82, 2.24) is 4.98 Å². The van der Waals surface area contributed by atoms with Gasteiger partial charge in [0.05, 0.1) is 23.9 Å². The molecule has 158 valence electrons. The predicted octanol–water partition coefficient (Wildman–Crippen LogP) is 6.00. The molecule has 0 saturated carbocycles. The Balaban J connectivity index is 1.66. The van der Waals surface area contributed by atoms with E-state index in [2.05, 4.69) is 37.1 Å². The monoisotopic (exact) mass is 424 g/mol. The molecular formula is C24H28N2O3S. The number of rotatable bonds is 8. The molecule has 3 aromatic rings. The summed E-state index contributed by atoms with van der Waals surface area (Å²) in [7, 11) is 1.61. The molecule has 5 nitrogen and oxygen atoms in total. The van der Waals surface area contributed by atoms with E-state index in [4.69, 9.17) is 9.47 Å². The van der Waals surface area contributed by atoms with Gasteiger partial charge in [-0.05, 0) is 67.2 Å². The van der Waals surface area contributed by atoms with E-state index in [0.717, 1.165) is 27.8 Å². The summed E-state index contributed by atoms with van der Waals surface area (Å²) in [5.74, 6) is 1.72. The summed E-state index contributed by atoms with van der Waals surface area (Å²) in [6, 6.07) is 9.75. The number of benzene rings is 2. The van der Waals surface area contributed by atoms with Gasteiger partial charge in [-0.15, -0.1) is 0 Å². The maximum atomic E-state index is 12.4. The van der Waals surface area contributed by atoms with Crippen molar-refractivity contribution in [2.24, 2.45) is 5.92 Å². The van der Waals surface area contributed by atoms with Gasteiger partial charge in [0.25, 0.3) is 0 Å². The summed E-state index contributed by atoms with van der Waals surface area (Å²) in [4.78, 5) is 16.9. The zero-order valence-electron chi connectivity index (χ0n) is 18.1. The number of thiazole rings is 1. The molecule has 0 unspecified atom stereocenters. The Morgan fingerprint density at radius 1 is 1.20 bits per heavy atom. The van der Waals surface area contributed by atoms with Crippen LogP contribution in [0, 0.1) is 19.8 Å². The molecule has 0 fully saturated rings. The first-order valence-electron chi connectivity index (χ1n) is 10.0. The van der Waals surface area contributed by atoms with E-state index in [1.54, 1.807) is 13.2 Å². The number of methoxy groups -OCH3 is 1. The van der Waals surface area contributed by atoms with Gasteiger partial charge in [-0.25, -0.2) is 4.98 Å². The van der Waals surface area contributed by atoms with Crippen molar-refractivity contribution in [1.29, 1.82) is 0 Å². The zero-order chi connectivity index (χ0) is 21.7. The number of nitrogens with zero attached hydrogens (tertiary/aromatic N) is 1. The van der Waals surface area contributed by atoms with Gasteiger partial charge in [0.15, 0.2) is 16.6 Å². The Labute approximate surface area is 181 Å². The van der Waals surface area contributed by atoms with Gasteiger partial charge in [0.2, 0.25) is 5.91 Å². The van der Waals surface area contributed by atoms with Crippen molar-refractivity contribution in [3.63, 3.8) is 0 Å². The summed E-state index contributed by atoms with van der Waals surface area (Å²) in [6.45, 7) is 9.08. The standard InChI is InChI=1S/C24H28N2O3S/c1-15(2)12-13-29-19-9-7-18(14-20(19)28-5)8-11-22(27)25-24-26-23-17(4)16(3)6-10-21(23)30-24/h6-11,14-15H,12-13H2,1-5H3,(H,25,26,27)/b11-8+. The second-order valence-corrected chi connectivity index (χ2v) is 8.67. The molecule has 1 amide bonds. The van der Waals surface area contributed by atoms with Gasteiger partial charge in [-0.2, -0.15) is 0 Å². The number of ether oxygens (including phenoxy) is 2. The number of hydrogen-bond acceptors (Lipinski definition) is 5. The molecule has 0 atom stereocenters. The minimum Gasteiger partial charge on any atom is -0.493 e. The zero-order valence-corrected chi connectivity index (χ0v) is 18.9. The highest BCUT2D eigenvalue weighted by atomic mass is 32.1. The molecule has 2 aromatic carbocycles. The largest absolute Gasteiger partial charge is 0.493 e. The molecule has 0 bridgehead atoms. The molecule has 0 aliphatic rings. The molecule has 30 heavy (non-hydrogen) atoms. The number of aromatic nitrogens is 1. The maximum Gasteiger partial charge on any atom is 0.250 e. The molecule has 6 heteroatoms. The quantitative estimate of drug-likeness (QED) is 0.451. The van der Waals surface area contributed by atoms with Crippen LogP contribution in [0.4, 0.5) is 5.13 Å². The van der Waals surface area contributed by atoms with Crippen LogP contribution in [-0.4, -0.2) is 24.6 Å². The fraction of sp³-hybridized carbons (Fsp3) is 0.333. The Kier molecular flexibility index (Phi) is 7.11. The fourth-order valence-electron chi connectivity index (χ4n) is 2.91. The number of carbonyl (C=O) groups excluding carboxylic acids is 1. The molecule has 1 aromatic heterocycles. The lowest BCUT2D eigenvalue weighted by atomic mass is 10.1. The van der Waals surface area contributed by atoms with E-state index >= 15 is 0 Å². The summed E-state index contributed by atoms with van der Waals surface area (Å²) in [6.07, 6.45) is 4.23. The molecule has 1 N–H and O–H groups in total. The Bertz CT molecular complexity index is 1070. The maximum absolute atomic E-state index is 12.4. The van der Waals surface area contributed by atoms with Crippen LogP contribution in [0.1, 0.15) is 37.0 Å². The van der Waals surface area contributed by atoms with Crippen molar-refractivity contribution in [2.45, 2.75) is 34.1 Å². The summed E-state index contributed by atoms with van der Waals surface area (Å²) >= 11 is 1.47. The van der Waals surface area contributed by atoms with E-state index in [9.17, 15) is 4.79 Å². The average molecular weight is 425 g/mol. The minimum absolute atomic E-state index is 0.223. The minimum atomic E-state index is -0.223. The number of aryl methyl sites for hydroxylation is 2. The predicted molar refractivity (Wildman–Crippen MR) is 125 cm³/mol. The molecular weight excluding hydrogens is 396 g/mol. The molecule has 0 aliphatic carbocycles. The van der Waals surface area contributed by atoms with Crippen molar-refractivity contribution in [3.8, 4) is 11.5 Å². The second-order valence-electron chi connectivity index (χ2n) is 7.64. The van der Waals surface area contributed by atoms with Crippen LogP contribution >= 0.6 is 11.3 Å². The Hall–Kier alpha value is -2.86. The van der Waals surface area contributed by atoms with Crippen molar-refractivity contribution in [2.75, 3.05) is 19.0 Å². The van der Waals surface area contributed by atoms with Gasteiger partial charge in [0, 0.05) is 6.08 Å². The number of fused-ring (bicyclic) bond motifs is 1. The summed E-state index contributed by atoms with van der Waals surface area (Å²) in [5.41, 5.74) is 4.13. The topological polar surface area (TPSA) is 60.5 Å². The first kappa shape index (κ1) is 21.8. The third-order valence-electron chi connectivity index (χ3n) is 4.88. The van der Waals surface area contributed by atoms with Crippen LogP contribution in [-0.2, 0) is 4.79 Å². The number of carbonyl (C=O) groups is 1. The number of anilines is 1. The van der Waals surface area contributed by atoms with Crippen molar-refractivity contribution < 1.29 is 14.3 Å². The number of amides is 1. The van der Waals surface area contributed by atoms with E-state index in [1.165, 1.54) is 23.0 Å². The lowest BCUT2D eigenvalue weighted by molar-refractivity contribution is -0.111. The van der Waals surface area contributed by atoms with E-state index in [-0.39, 0.29) is 5.91 Å². The van der Waals surface area contributed by atoms with Gasteiger partial charge < -0.3 is 9.47 Å². The molecule has 1 heterocycles. The van der Waals surface area contributed by atoms with Crippen LogP contribution in [0.25, 0.3) is 16.3 Å². The number of hydrogen-bond donors (Lipinski definition) is 1. The fourth-order valence-corrected chi connectivity index (χ4v) is 3.84. The molecule has 0 saturated heterocycles. The van der Waals surface area contributed by atoms with Gasteiger partial charge in [-0.1, -0.05) is 37.3 Å². The van der Waals surface area contributed by atoms with E-state index in [0.29, 0.717) is 29.2 Å². The first-order valence-corrected chi connectivity index (χ1v) is 10.9. The van der Waals surface area contributed by atoms with Crippen LogP contribution in [0.2, 0.25) is 0 Å². The molecule has 0 radical (unpaired) electrons. The summed E-state index contributed by atoms with van der Waals surface area (Å²) in [5, 5.41) is 3.45. The van der Waals surface area contributed by atoms with Crippen LogP contribution in [0.15, 0.2) is 36.4 Å². The molecule has 0 aliphatic heterocycles. The SMILES string of the molecule is COc1cc(/C=C/C(=O)Nc2nc3c(C)c(C)ccc3s2)ccc1OCCC(C)C. The highest BCUT2D eigenvalue weighted by molar-refractivity contribution is 7.22. The van der Waals surface area contributed by atoms with Gasteiger partial charge in [0.1, 0.15) is 0 Å². The first-order chi connectivity index (χ1) is 14.4. The average Bonchev–Trinajstić information content (AvgIpc) is 3.12. The normalized spacial score (nSPS) is 11.4. The van der Waals surface area contributed by atoms with Crippen molar-refractivity contribution >= 4 is 38.7 Å². The van der Waals surface area contributed by atoms with E-state index in [1.807, 2.05) is 31.2 Å². The lowest BCUT2D eigenvalue weighted by Crippen LogP contribution is -2.07. The lowest BCUT2D eigenvalue weighted by Gasteiger charge is -2.12. The summed E-state index contributed by atoms with van der Waals surface area (Å²) < 4.78 is 12.3. The van der Waals surface area contributed by atoms with Crippen LogP contribution in [0.3, 0.4) is 0 Å². The second kappa shape index (κ2) is 9.76. The Morgan fingerprint density at radius 2 is 2.00 bits per heavy atom. The van der Waals surface area contributed by atoms with E-state index < -0.39 is 0 Å². The van der Waals surface area contributed by atoms with Crippen molar-refractivity contribution in [3.05, 3.63) is 53.1 Å². The number of nitrogens with one attached hydrogen (secondary N) is 1. The highest BCUT2D eigenvalue weighted by Gasteiger charge is 2.10. The highest BCUT2D eigenvalue weighted by Crippen LogP contribution is 2.30. The third-order valence-corrected chi connectivity index (χ3v) is 5.82. The van der Waals surface area contributed by atoms with Gasteiger partial charge in [-0.3, -0.25) is 10.1 Å². The van der Waals surface area contributed by atoms with Crippen LogP contribution in [0.5, 0.6) is 11.5 Å².